The molecule has 0 fully saturated rings. The molecule has 0 radical (unpaired) electrons. The van der Waals surface area contributed by atoms with Gasteiger partial charge in [-0.1, -0.05) is 24.3 Å². The Kier molecular flexibility index (Phi) is 8.38. The van der Waals surface area contributed by atoms with E-state index in [4.69, 9.17) is 15.9 Å². The largest absolute Gasteiger partial charge is 0.484 e. The van der Waals surface area contributed by atoms with Gasteiger partial charge in [-0.3, -0.25) is 10.2 Å². The number of allylic oxidation sites excluding steroid dienone is 1. The van der Waals surface area contributed by atoms with Crippen molar-refractivity contribution < 1.29 is 9.53 Å². The summed E-state index contributed by atoms with van der Waals surface area (Å²) in [6.45, 7) is 4.48. The van der Waals surface area contributed by atoms with Gasteiger partial charge in [0.1, 0.15) is 17.6 Å². The molecule has 0 aromatic heterocycles. The summed E-state index contributed by atoms with van der Waals surface area (Å²) in [5, 5.41) is 23.6. The summed E-state index contributed by atoms with van der Waals surface area (Å²) in [6, 6.07) is 14.9. The van der Waals surface area contributed by atoms with Crippen molar-refractivity contribution in [2.75, 3.05) is 33.0 Å². The summed E-state index contributed by atoms with van der Waals surface area (Å²) < 4.78 is 6.48. The van der Waals surface area contributed by atoms with Crippen LogP contribution in [0.15, 0.2) is 70.0 Å². The van der Waals surface area contributed by atoms with Crippen LogP contribution < -0.4 is 21.1 Å². The summed E-state index contributed by atoms with van der Waals surface area (Å²) >= 11 is 0. The Morgan fingerprint density at radius 1 is 1.17 bits per heavy atom. The van der Waals surface area contributed by atoms with Gasteiger partial charge >= 0.3 is 0 Å². The van der Waals surface area contributed by atoms with Crippen LogP contribution in [0, 0.1) is 5.41 Å². The van der Waals surface area contributed by atoms with E-state index in [2.05, 4.69) is 20.8 Å². The highest BCUT2D eigenvalue weighted by atomic mass is 16.5. The summed E-state index contributed by atoms with van der Waals surface area (Å²) in [5.41, 5.74) is 9.99. The molecule has 0 bridgehead atoms. The molecular formula is C26H33N7O2. The number of hydrogen-bond donors (Lipinski definition) is 4. The number of ether oxygens (including phenoxy) is 1. The zero-order valence-corrected chi connectivity index (χ0v) is 20.8. The van der Waals surface area contributed by atoms with Gasteiger partial charge in [-0.25, -0.2) is 0 Å². The number of amidine groups is 1. The molecule has 1 atom stereocenters. The average Bonchev–Trinajstić information content (AvgIpc) is 2.82. The first-order chi connectivity index (χ1) is 16.7. The molecule has 0 aliphatic carbocycles. The lowest BCUT2D eigenvalue weighted by Crippen LogP contribution is -2.35. The zero-order chi connectivity index (χ0) is 25.5. The molecule has 2 aromatic carbocycles. The highest BCUT2D eigenvalue weighted by molar-refractivity contribution is 6.53. The molecule has 0 saturated heterocycles. The minimum Gasteiger partial charge on any atom is -0.484 e. The van der Waals surface area contributed by atoms with Crippen molar-refractivity contribution in [2.45, 2.75) is 26.4 Å². The number of nitrogens with zero attached hydrogens (tertiary/aromatic N) is 3. The highest BCUT2D eigenvalue weighted by Crippen LogP contribution is 2.32. The van der Waals surface area contributed by atoms with Crippen molar-refractivity contribution in [3.05, 3.63) is 70.9 Å². The second-order valence-electron chi connectivity index (χ2n) is 8.49. The van der Waals surface area contributed by atoms with Gasteiger partial charge in [-0.2, -0.15) is 5.10 Å². The van der Waals surface area contributed by atoms with Gasteiger partial charge in [0.2, 0.25) is 5.91 Å². The molecule has 1 aliphatic rings. The number of anilines is 1. The van der Waals surface area contributed by atoms with Crippen LogP contribution in [0.2, 0.25) is 0 Å². The molecule has 0 spiro atoms. The van der Waals surface area contributed by atoms with Gasteiger partial charge in [-0.15, -0.1) is 5.10 Å². The normalized spacial score (nSPS) is 15.6. The van der Waals surface area contributed by atoms with E-state index < -0.39 is 5.91 Å². The lowest BCUT2D eigenvalue weighted by molar-refractivity contribution is 0.1000. The first-order valence-electron chi connectivity index (χ1n) is 11.4. The number of nitrogens with one attached hydrogen (secondary N) is 3. The molecule has 1 unspecified atom stereocenters. The number of carbonyl (C=O) groups excluding carboxylic acids is 1. The molecule has 184 valence electrons. The summed E-state index contributed by atoms with van der Waals surface area (Å²) in [6.07, 6.45) is 0.382. The van der Waals surface area contributed by atoms with Crippen molar-refractivity contribution in [2.24, 2.45) is 15.9 Å². The van der Waals surface area contributed by atoms with Gasteiger partial charge in [0.05, 0.1) is 11.4 Å². The van der Waals surface area contributed by atoms with Crippen molar-refractivity contribution in [1.82, 2.24) is 10.2 Å². The molecule has 1 aliphatic heterocycles. The Balaban J connectivity index is 1.93. The monoisotopic (exact) mass is 475 g/mol. The Morgan fingerprint density at radius 2 is 1.91 bits per heavy atom. The number of rotatable bonds is 9. The number of benzene rings is 2. The number of hydrogen-bond acceptors (Lipinski definition) is 8. The van der Waals surface area contributed by atoms with Crippen LogP contribution in [-0.2, 0) is 0 Å². The third-order valence-corrected chi connectivity index (χ3v) is 5.61. The Labute approximate surface area is 206 Å². The number of nitrogens with two attached hydrogens (primary N) is 1. The van der Waals surface area contributed by atoms with E-state index >= 15 is 0 Å². The molecule has 9 heteroatoms. The van der Waals surface area contributed by atoms with E-state index in [9.17, 15) is 4.79 Å². The molecule has 1 amide bonds. The Hall–Kier alpha value is -3.98. The Bertz CT molecular complexity index is 1200. The molecule has 35 heavy (non-hydrogen) atoms. The maximum absolute atomic E-state index is 11.7. The van der Waals surface area contributed by atoms with Crippen molar-refractivity contribution in [1.29, 1.82) is 5.41 Å². The van der Waals surface area contributed by atoms with E-state index in [1.807, 2.05) is 71.4 Å². The third-order valence-electron chi connectivity index (χ3n) is 5.61. The SMILES string of the molecule is CNCCC(Oc1ccccc1N/C(C)=C1\C(=N)C(N(C)C)=NN=C1C)c1cccc(C(N)=O)c1. The van der Waals surface area contributed by atoms with Gasteiger partial charge < -0.3 is 26.0 Å². The standard InChI is InChI=1S/C26H33N7O2/c1-16(23-17(2)31-32-26(24(23)27)33(4)5)30-20-11-6-7-12-22(20)35-21(13-14-29-3)18-9-8-10-19(15-18)25(28)34/h6-12,15,21,27,29-30H,13-14H2,1-5H3,(H2,28,34)/b23-16-,27-24?. The van der Waals surface area contributed by atoms with Crippen LogP contribution in [0.4, 0.5) is 5.69 Å². The smallest absolute Gasteiger partial charge is 0.248 e. The molecule has 2 aromatic rings. The first-order valence-corrected chi connectivity index (χ1v) is 11.4. The molecule has 1 heterocycles. The third kappa shape index (κ3) is 6.13. The van der Waals surface area contributed by atoms with Crippen LogP contribution >= 0.6 is 0 Å². The van der Waals surface area contributed by atoms with Crippen molar-refractivity contribution in [3.8, 4) is 5.75 Å². The number of primary amides is 1. The number of carbonyl (C=O) groups is 1. The quantitative estimate of drug-likeness (QED) is 0.441. The first kappa shape index (κ1) is 25.6. The fraction of sp³-hybridized carbons (Fsp3) is 0.308. The number of para-hydroxylation sites is 2. The van der Waals surface area contributed by atoms with Gasteiger partial charge in [0.15, 0.2) is 5.84 Å². The number of amides is 1. The molecular weight excluding hydrogens is 442 g/mol. The van der Waals surface area contributed by atoms with E-state index in [0.29, 0.717) is 40.6 Å². The fourth-order valence-corrected chi connectivity index (χ4v) is 3.84. The maximum atomic E-state index is 11.7. The highest BCUT2D eigenvalue weighted by Gasteiger charge is 2.24. The molecule has 5 N–H and O–H groups in total. The van der Waals surface area contributed by atoms with Crippen LogP contribution in [0.1, 0.15) is 42.3 Å². The van der Waals surface area contributed by atoms with Crippen molar-refractivity contribution >= 4 is 28.9 Å². The van der Waals surface area contributed by atoms with Gasteiger partial charge in [-0.05, 0) is 57.3 Å². The lowest BCUT2D eigenvalue weighted by atomic mass is 10.0. The van der Waals surface area contributed by atoms with Gasteiger partial charge in [0, 0.05) is 37.3 Å². The van der Waals surface area contributed by atoms with Gasteiger partial charge in [0.25, 0.3) is 0 Å². The average molecular weight is 476 g/mol. The Morgan fingerprint density at radius 3 is 2.60 bits per heavy atom. The summed E-state index contributed by atoms with van der Waals surface area (Å²) in [4.78, 5) is 13.5. The van der Waals surface area contributed by atoms with Crippen LogP contribution in [0.25, 0.3) is 0 Å². The zero-order valence-electron chi connectivity index (χ0n) is 20.8. The van der Waals surface area contributed by atoms with E-state index in [1.54, 1.807) is 17.0 Å². The predicted molar refractivity (Wildman–Crippen MR) is 142 cm³/mol. The van der Waals surface area contributed by atoms with E-state index in [-0.39, 0.29) is 6.10 Å². The lowest BCUT2D eigenvalue weighted by Gasteiger charge is -2.24. The minimum atomic E-state index is -0.476. The topological polar surface area (TPSA) is 128 Å². The predicted octanol–water partition coefficient (Wildman–Crippen LogP) is 3.57. The summed E-state index contributed by atoms with van der Waals surface area (Å²) in [7, 11) is 5.56. The van der Waals surface area contributed by atoms with Crippen molar-refractivity contribution in [3.63, 3.8) is 0 Å². The maximum Gasteiger partial charge on any atom is 0.248 e. The second-order valence-corrected chi connectivity index (χ2v) is 8.49. The van der Waals surface area contributed by atoms with E-state index in [0.717, 1.165) is 23.5 Å². The summed E-state index contributed by atoms with van der Waals surface area (Å²) in [5.74, 6) is 0.672. The minimum absolute atomic E-state index is 0.304. The van der Waals surface area contributed by atoms with E-state index in [1.165, 1.54) is 0 Å². The van der Waals surface area contributed by atoms with Crippen LogP contribution in [0.3, 0.4) is 0 Å². The fourth-order valence-electron chi connectivity index (χ4n) is 3.84. The second kappa shape index (κ2) is 11.4. The molecule has 9 nitrogen and oxygen atoms in total. The van der Waals surface area contributed by atoms with Crippen LogP contribution in [0.5, 0.6) is 5.75 Å². The van der Waals surface area contributed by atoms with Crippen LogP contribution in [-0.4, -0.2) is 55.8 Å². The molecule has 0 saturated carbocycles. The molecule has 3 rings (SSSR count).